The molecule has 1 saturated heterocycles. The highest BCUT2D eigenvalue weighted by Crippen LogP contribution is 2.25. The van der Waals surface area contributed by atoms with E-state index in [0.717, 1.165) is 11.3 Å². The van der Waals surface area contributed by atoms with E-state index >= 15 is 0 Å². The van der Waals surface area contributed by atoms with E-state index in [1.807, 2.05) is 29.2 Å². The maximum absolute atomic E-state index is 13.1. The molecule has 1 amide bonds. The normalized spacial score (nSPS) is 14.0. The number of hydrogen-bond donors (Lipinski definition) is 0. The standard InChI is InChI=1S/C23H22FN7O2/c1-33-19-4-2-3-18(14-19)31-23-21(27-28-31)22(25-15-26-23)30-11-9-29(10-12-30)20(32)13-16-5-7-17(24)8-6-16/h2-8,14-15H,9-13H2,1H3. The smallest absolute Gasteiger partial charge is 0.227 e. The largest absolute Gasteiger partial charge is 0.497 e. The quantitative estimate of drug-likeness (QED) is 0.464. The monoisotopic (exact) mass is 447 g/mol. The van der Waals surface area contributed by atoms with Crippen LogP contribution in [0.1, 0.15) is 5.56 Å². The van der Waals surface area contributed by atoms with Crippen molar-refractivity contribution in [2.75, 3.05) is 38.2 Å². The van der Waals surface area contributed by atoms with E-state index in [4.69, 9.17) is 4.74 Å². The summed E-state index contributed by atoms with van der Waals surface area (Å²) in [5.41, 5.74) is 2.79. The van der Waals surface area contributed by atoms with Crippen molar-refractivity contribution < 1.29 is 13.9 Å². The number of nitrogens with zero attached hydrogens (tertiary/aromatic N) is 7. The molecule has 0 unspecified atom stereocenters. The van der Waals surface area contributed by atoms with Crippen molar-refractivity contribution in [3.8, 4) is 11.4 Å². The van der Waals surface area contributed by atoms with Crippen molar-refractivity contribution in [1.82, 2.24) is 29.9 Å². The van der Waals surface area contributed by atoms with Crippen LogP contribution < -0.4 is 9.64 Å². The van der Waals surface area contributed by atoms with Gasteiger partial charge in [0.15, 0.2) is 17.0 Å². The summed E-state index contributed by atoms with van der Waals surface area (Å²) in [6, 6.07) is 13.6. The third-order valence-corrected chi connectivity index (χ3v) is 5.72. The zero-order valence-corrected chi connectivity index (χ0v) is 18.1. The van der Waals surface area contributed by atoms with Gasteiger partial charge in [0.25, 0.3) is 0 Å². The molecule has 33 heavy (non-hydrogen) atoms. The molecular formula is C23H22FN7O2. The number of benzene rings is 2. The summed E-state index contributed by atoms with van der Waals surface area (Å²) in [5.74, 6) is 1.13. The zero-order chi connectivity index (χ0) is 22.8. The molecule has 10 heteroatoms. The van der Waals surface area contributed by atoms with Gasteiger partial charge in [-0.2, -0.15) is 4.68 Å². The number of hydrogen-bond acceptors (Lipinski definition) is 7. The summed E-state index contributed by atoms with van der Waals surface area (Å²) >= 11 is 0. The van der Waals surface area contributed by atoms with Gasteiger partial charge < -0.3 is 14.5 Å². The Bertz CT molecular complexity index is 1280. The van der Waals surface area contributed by atoms with Crippen LogP contribution in [0.4, 0.5) is 10.2 Å². The van der Waals surface area contributed by atoms with Crippen molar-refractivity contribution in [3.05, 3.63) is 66.2 Å². The topological polar surface area (TPSA) is 89.3 Å². The first-order valence-corrected chi connectivity index (χ1v) is 10.6. The van der Waals surface area contributed by atoms with E-state index in [0.29, 0.717) is 48.9 Å². The summed E-state index contributed by atoms with van der Waals surface area (Å²) in [5, 5.41) is 8.62. The van der Waals surface area contributed by atoms with Crippen LogP contribution in [0.25, 0.3) is 16.9 Å². The summed E-state index contributed by atoms with van der Waals surface area (Å²) < 4.78 is 20.1. The van der Waals surface area contributed by atoms with Gasteiger partial charge in [0.2, 0.25) is 5.91 Å². The third kappa shape index (κ3) is 4.19. The van der Waals surface area contributed by atoms with Crippen LogP contribution in [0.3, 0.4) is 0 Å². The Morgan fingerprint density at radius 3 is 2.61 bits per heavy atom. The van der Waals surface area contributed by atoms with E-state index < -0.39 is 0 Å². The second-order valence-corrected chi connectivity index (χ2v) is 7.74. The lowest BCUT2D eigenvalue weighted by Crippen LogP contribution is -2.49. The number of fused-ring (bicyclic) bond motifs is 1. The highest BCUT2D eigenvalue weighted by molar-refractivity contribution is 5.84. The van der Waals surface area contributed by atoms with Gasteiger partial charge in [-0.05, 0) is 29.8 Å². The van der Waals surface area contributed by atoms with E-state index in [-0.39, 0.29) is 18.1 Å². The predicted octanol–water partition coefficient (Wildman–Crippen LogP) is 2.25. The van der Waals surface area contributed by atoms with Gasteiger partial charge in [-0.25, -0.2) is 14.4 Å². The number of carbonyl (C=O) groups excluding carboxylic acids is 1. The second kappa shape index (κ2) is 8.81. The van der Waals surface area contributed by atoms with Crippen LogP contribution in [0.2, 0.25) is 0 Å². The lowest BCUT2D eigenvalue weighted by Gasteiger charge is -2.35. The molecule has 1 fully saturated rings. The highest BCUT2D eigenvalue weighted by atomic mass is 19.1. The van der Waals surface area contributed by atoms with Gasteiger partial charge in [-0.3, -0.25) is 4.79 Å². The average molecular weight is 447 g/mol. The summed E-state index contributed by atoms with van der Waals surface area (Å²) in [6.07, 6.45) is 1.76. The molecule has 0 N–H and O–H groups in total. The maximum atomic E-state index is 13.1. The first-order valence-electron chi connectivity index (χ1n) is 10.6. The molecule has 0 bridgehead atoms. The molecule has 1 aliphatic rings. The zero-order valence-electron chi connectivity index (χ0n) is 18.1. The van der Waals surface area contributed by atoms with Crippen molar-refractivity contribution in [3.63, 3.8) is 0 Å². The Balaban J connectivity index is 1.31. The number of rotatable bonds is 5. The molecule has 1 aliphatic heterocycles. The fourth-order valence-corrected chi connectivity index (χ4v) is 3.94. The van der Waals surface area contributed by atoms with E-state index in [9.17, 15) is 9.18 Å². The predicted molar refractivity (Wildman–Crippen MR) is 120 cm³/mol. The fourth-order valence-electron chi connectivity index (χ4n) is 3.94. The number of carbonyl (C=O) groups is 1. The van der Waals surface area contributed by atoms with Crippen LogP contribution in [0.15, 0.2) is 54.9 Å². The van der Waals surface area contributed by atoms with Gasteiger partial charge in [0.1, 0.15) is 17.9 Å². The first-order chi connectivity index (χ1) is 16.1. The molecule has 2 aromatic carbocycles. The minimum atomic E-state index is -0.306. The first kappa shape index (κ1) is 20.8. The van der Waals surface area contributed by atoms with Crippen molar-refractivity contribution >= 4 is 22.9 Å². The molecule has 9 nitrogen and oxygen atoms in total. The van der Waals surface area contributed by atoms with Crippen LogP contribution in [0, 0.1) is 5.82 Å². The number of amides is 1. The Morgan fingerprint density at radius 1 is 1.06 bits per heavy atom. The van der Waals surface area contributed by atoms with Gasteiger partial charge in [0.05, 0.1) is 19.2 Å². The minimum absolute atomic E-state index is 0.0260. The molecule has 0 saturated carbocycles. The number of halogens is 1. The molecule has 0 spiro atoms. The maximum Gasteiger partial charge on any atom is 0.227 e. The lowest BCUT2D eigenvalue weighted by atomic mass is 10.1. The average Bonchev–Trinajstić information content (AvgIpc) is 3.30. The Kier molecular flexibility index (Phi) is 5.55. The van der Waals surface area contributed by atoms with Crippen molar-refractivity contribution in [2.45, 2.75) is 6.42 Å². The molecule has 0 aliphatic carbocycles. The minimum Gasteiger partial charge on any atom is -0.497 e. The SMILES string of the molecule is COc1cccc(-n2nnc3c(N4CCN(C(=O)Cc5ccc(F)cc5)CC4)ncnc32)c1. The van der Waals surface area contributed by atoms with Crippen molar-refractivity contribution in [1.29, 1.82) is 0 Å². The van der Waals surface area contributed by atoms with Gasteiger partial charge in [0, 0.05) is 32.2 Å². The molecule has 2 aromatic heterocycles. The molecule has 0 radical (unpaired) electrons. The molecule has 5 rings (SSSR count). The fraction of sp³-hybridized carbons (Fsp3) is 0.261. The second-order valence-electron chi connectivity index (χ2n) is 7.74. The number of ether oxygens (including phenoxy) is 1. The van der Waals surface area contributed by atoms with Gasteiger partial charge in [-0.15, -0.1) is 5.10 Å². The van der Waals surface area contributed by atoms with Crippen LogP contribution in [-0.4, -0.2) is 69.1 Å². The number of aromatic nitrogens is 5. The molecule has 4 aromatic rings. The molecule has 0 atom stereocenters. The van der Waals surface area contributed by atoms with E-state index in [1.165, 1.54) is 18.5 Å². The summed E-state index contributed by atoms with van der Waals surface area (Å²) in [6.45, 7) is 2.37. The van der Waals surface area contributed by atoms with E-state index in [1.54, 1.807) is 23.9 Å². The summed E-state index contributed by atoms with van der Waals surface area (Å²) in [7, 11) is 1.61. The molecule has 3 heterocycles. The van der Waals surface area contributed by atoms with Gasteiger partial charge >= 0.3 is 0 Å². The lowest BCUT2D eigenvalue weighted by molar-refractivity contribution is -0.130. The molecular weight excluding hydrogens is 425 g/mol. The number of methoxy groups -OCH3 is 1. The van der Waals surface area contributed by atoms with Crippen molar-refractivity contribution in [2.24, 2.45) is 0 Å². The van der Waals surface area contributed by atoms with Gasteiger partial charge in [-0.1, -0.05) is 23.4 Å². The van der Waals surface area contributed by atoms with Crippen LogP contribution in [0.5, 0.6) is 5.75 Å². The Hall–Kier alpha value is -4.08. The Morgan fingerprint density at radius 2 is 1.85 bits per heavy atom. The third-order valence-electron chi connectivity index (χ3n) is 5.72. The van der Waals surface area contributed by atoms with Crippen LogP contribution >= 0.6 is 0 Å². The van der Waals surface area contributed by atoms with E-state index in [2.05, 4.69) is 25.2 Å². The number of piperazine rings is 1. The Labute approximate surface area is 189 Å². The highest BCUT2D eigenvalue weighted by Gasteiger charge is 2.25. The summed E-state index contributed by atoms with van der Waals surface area (Å²) in [4.78, 5) is 25.4. The van der Waals surface area contributed by atoms with Crippen LogP contribution in [-0.2, 0) is 11.2 Å². The number of anilines is 1. The molecule has 168 valence electrons.